The number of hydrogen-bond donors (Lipinski definition) is 4. The van der Waals surface area contributed by atoms with Crippen LogP contribution in [0.4, 0.5) is 13.2 Å². The maximum absolute atomic E-state index is 14.1. The Balaban J connectivity index is 1.38. The Morgan fingerprint density at radius 1 is 0.978 bits per heavy atom. The van der Waals surface area contributed by atoms with E-state index < -0.39 is 65.9 Å². The number of hydrogen-bond acceptors (Lipinski definition) is 6. The standard InChI is InChI=1S/C31H46F3N5O6/c1-30(2)15-38(16-30)28(44)24(40)21(13-18-11-12-35-25(18)41)36-26(42)23-20-10-6-9-19(20)14-39(23)27(43)22(17-7-4-3-5-8-17)37-29(45)31(32,33)34/h17-24,40H,3-16H2,1-2H3,(H,35,41)(H,36,42)(H,37,45)/t18-,19-,20-,21-,22-,23-,24?/m0/s1. The molecule has 5 fully saturated rings. The van der Waals surface area contributed by atoms with E-state index in [1.807, 2.05) is 19.2 Å². The van der Waals surface area contributed by atoms with Gasteiger partial charge in [0.1, 0.15) is 12.1 Å². The van der Waals surface area contributed by atoms with E-state index in [1.165, 1.54) is 9.80 Å². The van der Waals surface area contributed by atoms with E-state index in [-0.39, 0.29) is 36.1 Å². The van der Waals surface area contributed by atoms with Crippen LogP contribution in [0.15, 0.2) is 0 Å². The van der Waals surface area contributed by atoms with Gasteiger partial charge in [0, 0.05) is 32.1 Å². The molecule has 252 valence electrons. The Labute approximate surface area is 261 Å². The van der Waals surface area contributed by atoms with E-state index in [2.05, 4.69) is 10.6 Å². The second kappa shape index (κ2) is 13.1. The third-order valence-corrected chi connectivity index (χ3v) is 10.6. The Kier molecular flexibility index (Phi) is 9.72. The normalized spacial score (nSPS) is 30.1. The molecular weight excluding hydrogens is 595 g/mol. The van der Waals surface area contributed by atoms with Crippen molar-refractivity contribution in [3.05, 3.63) is 0 Å². The lowest BCUT2D eigenvalue weighted by atomic mass is 9.83. The summed E-state index contributed by atoms with van der Waals surface area (Å²) in [5.41, 5.74) is -0.0991. The van der Waals surface area contributed by atoms with Gasteiger partial charge in [-0.15, -0.1) is 0 Å². The number of alkyl halides is 3. The van der Waals surface area contributed by atoms with E-state index in [0.717, 1.165) is 32.1 Å². The number of fused-ring (bicyclic) bond motifs is 1. The third kappa shape index (κ3) is 7.25. The monoisotopic (exact) mass is 641 g/mol. The molecule has 5 rings (SSSR count). The predicted molar refractivity (Wildman–Crippen MR) is 155 cm³/mol. The van der Waals surface area contributed by atoms with E-state index in [4.69, 9.17) is 0 Å². The number of nitrogens with zero attached hydrogens (tertiary/aromatic N) is 2. The summed E-state index contributed by atoms with van der Waals surface area (Å²) in [6, 6.07) is -3.57. The smallest absolute Gasteiger partial charge is 0.381 e. The molecule has 4 N–H and O–H groups in total. The highest BCUT2D eigenvalue weighted by atomic mass is 19.4. The summed E-state index contributed by atoms with van der Waals surface area (Å²) in [4.78, 5) is 68.8. The highest BCUT2D eigenvalue weighted by molar-refractivity contribution is 5.94. The van der Waals surface area contributed by atoms with E-state index >= 15 is 0 Å². The molecule has 2 saturated carbocycles. The van der Waals surface area contributed by atoms with E-state index in [1.54, 1.807) is 0 Å². The highest BCUT2D eigenvalue weighted by Gasteiger charge is 2.53. The van der Waals surface area contributed by atoms with Crippen molar-refractivity contribution in [2.45, 2.75) is 108 Å². The molecule has 0 radical (unpaired) electrons. The number of halogens is 3. The quantitative estimate of drug-likeness (QED) is 0.300. The van der Waals surface area contributed by atoms with Crippen molar-refractivity contribution in [3.63, 3.8) is 0 Å². The van der Waals surface area contributed by atoms with Crippen molar-refractivity contribution in [2.75, 3.05) is 26.2 Å². The molecular formula is C31H46F3N5O6. The summed E-state index contributed by atoms with van der Waals surface area (Å²) in [7, 11) is 0. The maximum Gasteiger partial charge on any atom is 0.471 e. The zero-order chi connectivity index (χ0) is 32.7. The predicted octanol–water partition coefficient (Wildman–Crippen LogP) is 1.48. The van der Waals surface area contributed by atoms with Crippen molar-refractivity contribution < 1.29 is 42.3 Å². The van der Waals surface area contributed by atoms with Gasteiger partial charge < -0.3 is 30.9 Å². The number of likely N-dealkylation sites (tertiary alicyclic amines) is 2. The van der Waals surface area contributed by atoms with Gasteiger partial charge in [-0.1, -0.05) is 39.5 Å². The highest BCUT2D eigenvalue weighted by Crippen LogP contribution is 2.43. The van der Waals surface area contributed by atoms with Crippen LogP contribution in [-0.4, -0.2) is 101 Å². The Bertz CT molecular complexity index is 1170. The zero-order valence-electron chi connectivity index (χ0n) is 26.0. The van der Waals surface area contributed by atoms with Crippen LogP contribution in [0.3, 0.4) is 0 Å². The first-order chi connectivity index (χ1) is 21.2. The van der Waals surface area contributed by atoms with Crippen molar-refractivity contribution in [1.82, 2.24) is 25.8 Å². The molecule has 3 heterocycles. The number of amides is 5. The van der Waals surface area contributed by atoms with Gasteiger partial charge in [-0.2, -0.15) is 13.2 Å². The molecule has 0 bridgehead atoms. The SMILES string of the molecule is CC1(C)CN(C(=O)C(O)[C@H](C[C@@H]2CCNC2=O)NC(=O)[C@@H]2[C@H]3CCC[C@H]3CN2C(=O)[C@@H](NC(=O)C(F)(F)F)C2CCCCC2)C1. The molecule has 3 saturated heterocycles. The number of aliphatic hydroxyl groups is 1. The summed E-state index contributed by atoms with van der Waals surface area (Å²) in [6.07, 6.45) is -0.775. The largest absolute Gasteiger partial charge is 0.471 e. The van der Waals surface area contributed by atoms with Crippen LogP contribution < -0.4 is 16.0 Å². The number of aliphatic hydroxyl groups excluding tert-OH is 1. The molecule has 3 aliphatic heterocycles. The average molecular weight is 642 g/mol. The average Bonchev–Trinajstić information content (AvgIpc) is 3.69. The van der Waals surface area contributed by atoms with Crippen LogP contribution in [0, 0.1) is 29.1 Å². The van der Waals surface area contributed by atoms with Gasteiger partial charge in [0.15, 0.2) is 6.10 Å². The molecule has 0 aromatic carbocycles. The summed E-state index contributed by atoms with van der Waals surface area (Å²) < 4.78 is 40.0. The third-order valence-electron chi connectivity index (χ3n) is 10.6. The summed E-state index contributed by atoms with van der Waals surface area (Å²) in [6.45, 7) is 5.48. The van der Waals surface area contributed by atoms with Gasteiger partial charge in [-0.3, -0.25) is 24.0 Å². The second-order valence-electron chi connectivity index (χ2n) is 14.6. The lowest BCUT2D eigenvalue weighted by Crippen LogP contribution is -2.63. The van der Waals surface area contributed by atoms with Crippen molar-refractivity contribution >= 4 is 29.5 Å². The van der Waals surface area contributed by atoms with Crippen molar-refractivity contribution in [1.29, 1.82) is 0 Å². The molecule has 5 aliphatic rings. The lowest BCUT2D eigenvalue weighted by Gasteiger charge is -2.47. The molecule has 7 atom stereocenters. The molecule has 0 aromatic heterocycles. The van der Waals surface area contributed by atoms with Gasteiger partial charge >= 0.3 is 12.1 Å². The molecule has 2 aliphatic carbocycles. The second-order valence-corrected chi connectivity index (χ2v) is 14.6. The Morgan fingerprint density at radius 2 is 1.67 bits per heavy atom. The van der Waals surface area contributed by atoms with Crippen LogP contribution in [0.25, 0.3) is 0 Å². The summed E-state index contributed by atoms with van der Waals surface area (Å²) >= 11 is 0. The minimum absolute atomic E-state index is 0.0167. The fraction of sp³-hybridized carbons (Fsp3) is 0.839. The summed E-state index contributed by atoms with van der Waals surface area (Å²) in [5, 5.41) is 18.8. The lowest BCUT2D eigenvalue weighted by molar-refractivity contribution is -0.175. The molecule has 1 unspecified atom stereocenters. The Morgan fingerprint density at radius 3 is 2.27 bits per heavy atom. The van der Waals surface area contributed by atoms with E-state index in [0.29, 0.717) is 45.3 Å². The van der Waals surface area contributed by atoms with Crippen molar-refractivity contribution in [2.24, 2.45) is 29.1 Å². The van der Waals surface area contributed by atoms with Gasteiger partial charge in [0.05, 0.1) is 6.04 Å². The topological polar surface area (TPSA) is 148 Å². The van der Waals surface area contributed by atoms with Gasteiger partial charge in [-0.05, 0) is 61.7 Å². The number of carbonyl (C=O) groups excluding carboxylic acids is 5. The minimum atomic E-state index is -5.17. The van der Waals surface area contributed by atoms with Gasteiger partial charge in [0.25, 0.3) is 5.91 Å². The fourth-order valence-electron chi connectivity index (χ4n) is 8.33. The zero-order valence-corrected chi connectivity index (χ0v) is 26.0. The molecule has 0 spiro atoms. The number of carbonyl (C=O) groups is 5. The summed E-state index contributed by atoms with van der Waals surface area (Å²) in [5.74, 6) is -5.59. The van der Waals surface area contributed by atoms with Gasteiger partial charge in [0.2, 0.25) is 17.7 Å². The van der Waals surface area contributed by atoms with Crippen LogP contribution in [0.2, 0.25) is 0 Å². The molecule has 11 nitrogen and oxygen atoms in total. The molecule has 45 heavy (non-hydrogen) atoms. The Hall–Kier alpha value is -2.90. The number of nitrogens with one attached hydrogen (secondary N) is 3. The van der Waals surface area contributed by atoms with Crippen molar-refractivity contribution in [3.8, 4) is 0 Å². The first-order valence-corrected chi connectivity index (χ1v) is 16.4. The first kappa shape index (κ1) is 33.5. The van der Waals surface area contributed by atoms with Crippen LogP contribution in [-0.2, 0) is 24.0 Å². The molecule has 14 heteroatoms. The fourth-order valence-corrected chi connectivity index (χ4v) is 8.33. The minimum Gasteiger partial charge on any atom is -0.381 e. The van der Waals surface area contributed by atoms with Crippen LogP contribution in [0.5, 0.6) is 0 Å². The molecule has 5 amide bonds. The number of rotatable bonds is 9. The molecule has 0 aromatic rings. The van der Waals surface area contributed by atoms with Crippen LogP contribution in [0.1, 0.15) is 78.1 Å². The maximum atomic E-state index is 14.1. The van der Waals surface area contributed by atoms with Crippen LogP contribution >= 0.6 is 0 Å². The van der Waals surface area contributed by atoms with Gasteiger partial charge in [-0.25, -0.2) is 0 Å². The van der Waals surface area contributed by atoms with E-state index in [9.17, 15) is 42.3 Å². The first-order valence-electron chi connectivity index (χ1n) is 16.4.